The van der Waals surface area contributed by atoms with Gasteiger partial charge in [0, 0.05) is 11.6 Å². The standard InChI is InChI=1S/C15H8ClFO3/c16-9-2-1-3-13-15(9)12(19)7-14(20-13)8-4-5-10(17)11(18)6-8/h1-7,18H. The number of hydrogen-bond donors (Lipinski definition) is 1. The van der Waals surface area contributed by atoms with Crippen molar-refractivity contribution in [2.75, 3.05) is 0 Å². The summed E-state index contributed by atoms with van der Waals surface area (Å²) in [6.07, 6.45) is 0. The van der Waals surface area contributed by atoms with Gasteiger partial charge < -0.3 is 9.52 Å². The van der Waals surface area contributed by atoms with E-state index in [0.29, 0.717) is 21.6 Å². The highest BCUT2D eigenvalue weighted by atomic mass is 35.5. The molecule has 0 spiro atoms. The van der Waals surface area contributed by atoms with Gasteiger partial charge in [0.25, 0.3) is 0 Å². The molecule has 0 atom stereocenters. The van der Waals surface area contributed by atoms with Gasteiger partial charge in [-0.2, -0.15) is 0 Å². The van der Waals surface area contributed by atoms with Gasteiger partial charge in [-0.3, -0.25) is 4.79 Å². The van der Waals surface area contributed by atoms with Gasteiger partial charge in [0.05, 0.1) is 10.4 Å². The highest BCUT2D eigenvalue weighted by Gasteiger charge is 2.11. The first-order chi connectivity index (χ1) is 9.56. The Balaban J connectivity index is 2.27. The first kappa shape index (κ1) is 12.7. The summed E-state index contributed by atoms with van der Waals surface area (Å²) in [5.74, 6) is -1.00. The van der Waals surface area contributed by atoms with Gasteiger partial charge in [-0.05, 0) is 30.3 Å². The molecular weight excluding hydrogens is 283 g/mol. The largest absolute Gasteiger partial charge is 0.505 e. The van der Waals surface area contributed by atoms with Crippen molar-refractivity contribution in [3.8, 4) is 17.1 Å². The molecule has 0 bridgehead atoms. The van der Waals surface area contributed by atoms with Crippen LogP contribution < -0.4 is 5.43 Å². The molecule has 0 saturated heterocycles. The van der Waals surface area contributed by atoms with Gasteiger partial charge in [-0.25, -0.2) is 4.39 Å². The molecule has 0 amide bonds. The molecule has 1 heterocycles. The monoisotopic (exact) mass is 290 g/mol. The molecule has 3 nitrogen and oxygen atoms in total. The van der Waals surface area contributed by atoms with Crippen LogP contribution in [0.1, 0.15) is 0 Å². The number of aromatic hydroxyl groups is 1. The zero-order chi connectivity index (χ0) is 14.3. The van der Waals surface area contributed by atoms with E-state index in [1.54, 1.807) is 18.2 Å². The third-order valence-corrected chi connectivity index (χ3v) is 3.25. The Kier molecular flexibility index (Phi) is 2.95. The smallest absolute Gasteiger partial charge is 0.194 e. The molecule has 1 N–H and O–H groups in total. The van der Waals surface area contributed by atoms with Crippen LogP contribution >= 0.6 is 11.6 Å². The van der Waals surface area contributed by atoms with Crippen LogP contribution in [0.15, 0.2) is 51.7 Å². The van der Waals surface area contributed by atoms with Crippen LogP contribution in [0.2, 0.25) is 5.02 Å². The number of hydrogen-bond acceptors (Lipinski definition) is 3. The van der Waals surface area contributed by atoms with Crippen LogP contribution in [0.25, 0.3) is 22.3 Å². The van der Waals surface area contributed by atoms with E-state index in [4.69, 9.17) is 16.0 Å². The summed E-state index contributed by atoms with van der Waals surface area (Å²) in [7, 11) is 0. The summed E-state index contributed by atoms with van der Waals surface area (Å²) in [5.41, 5.74) is 0.447. The molecule has 1 aromatic heterocycles. The lowest BCUT2D eigenvalue weighted by Gasteiger charge is -2.05. The molecule has 20 heavy (non-hydrogen) atoms. The van der Waals surface area contributed by atoms with Crippen molar-refractivity contribution in [2.45, 2.75) is 0 Å². The predicted molar refractivity (Wildman–Crippen MR) is 74.6 cm³/mol. The van der Waals surface area contributed by atoms with E-state index < -0.39 is 11.6 Å². The second kappa shape index (κ2) is 4.65. The SMILES string of the molecule is O=c1cc(-c2ccc(F)c(O)c2)oc2cccc(Cl)c12. The molecule has 2 aromatic carbocycles. The Morgan fingerprint density at radius 2 is 1.95 bits per heavy atom. The molecule has 0 saturated carbocycles. The summed E-state index contributed by atoms with van der Waals surface area (Å²) >= 11 is 5.96. The molecule has 3 aromatic rings. The summed E-state index contributed by atoms with van der Waals surface area (Å²) in [6, 6.07) is 9.88. The number of benzene rings is 2. The molecule has 0 aliphatic rings. The van der Waals surface area contributed by atoms with Gasteiger partial charge in [0.15, 0.2) is 17.0 Å². The average Bonchev–Trinajstić information content (AvgIpc) is 2.41. The second-order valence-corrected chi connectivity index (χ2v) is 4.66. The first-order valence-corrected chi connectivity index (χ1v) is 6.15. The second-order valence-electron chi connectivity index (χ2n) is 4.25. The molecule has 0 aliphatic carbocycles. The third-order valence-electron chi connectivity index (χ3n) is 2.93. The number of phenolic OH excluding ortho intramolecular Hbond substituents is 1. The van der Waals surface area contributed by atoms with Crippen LogP contribution in [-0.2, 0) is 0 Å². The maximum Gasteiger partial charge on any atom is 0.194 e. The molecule has 3 rings (SSSR count). The Morgan fingerprint density at radius 1 is 1.15 bits per heavy atom. The normalized spacial score (nSPS) is 10.9. The van der Waals surface area contributed by atoms with Crippen LogP contribution in [0.5, 0.6) is 5.75 Å². The van der Waals surface area contributed by atoms with E-state index in [1.165, 1.54) is 18.2 Å². The number of halogens is 2. The predicted octanol–water partition coefficient (Wildman–Crippen LogP) is 3.96. The van der Waals surface area contributed by atoms with Gasteiger partial charge >= 0.3 is 0 Å². The fourth-order valence-electron chi connectivity index (χ4n) is 1.98. The maximum atomic E-state index is 13.0. The lowest BCUT2D eigenvalue weighted by molar-refractivity contribution is 0.432. The highest BCUT2D eigenvalue weighted by molar-refractivity contribution is 6.35. The summed E-state index contributed by atoms with van der Waals surface area (Å²) < 4.78 is 18.6. The Labute approximate surface area is 117 Å². The van der Waals surface area contributed by atoms with Crippen LogP contribution in [0.3, 0.4) is 0 Å². The van der Waals surface area contributed by atoms with E-state index in [-0.39, 0.29) is 11.2 Å². The van der Waals surface area contributed by atoms with Gasteiger partial charge in [-0.15, -0.1) is 0 Å². The lowest BCUT2D eigenvalue weighted by Crippen LogP contribution is -2.00. The lowest BCUT2D eigenvalue weighted by atomic mass is 10.1. The van der Waals surface area contributed by atoms with Gasteiger partial charge in [0.1, 0.15) is 11.3 Å². The van der Waals surface area contributed by atoms with Gasteiger partial charge in [0.2, 0.25) is 0 Å². The summed E-state index contributed by atoms with van der Waals surface area (Å²) in [4.78, 5) is 12.1. The average molecular weight is 291 g/mol. The molecule has 0 fully saturated rings. The van der Waals surface area contributed by atoms with E-state index in [9.17, 15) is 14.3 Å². The third kappa shape index (κ3) is 2.04. The first-order valence-electron chi connectivity index (χ1n) is 5.77. The van der Waals surface area contributed by atoms with E-state index in [0.717, 1.165) is 6.07 Å². The molecular formula is C15H8ClFO3. The van der Waals surface area contributed by atoms with E-state index in [2.05, 4.69) is 0 Å². The Hall–Kier alpha value is -2.33. The Morgan fingerprint density at radius 3 is 2.70 bits per heavy atom. The Bertz CT molecular complexity index is 871. The minimum Gasteiger partial charge on any atom is -0.505 e. The van der Waals surface area contributed by atoms with Crippen LogP contribution in [0, 0.1) is 5.82 Å². The maximum absolute atomic E-state index is 13.0. The quantitative estimate of drug-likeness (QED) is 0.738. The molecule has 100 valence electrons. The summed E-state index contributed by atoms with van der Waals surface area (Å²) in [5, 5.41) is 9.98. The molecule has 5 heteroatoms. The van der Waals surface area contributed by atoms with Gasteiger partial charge in [-0.1, -0.05) is 17.7 Å². The zero-order valence-corrected chi connectivity index (χ0v) is 10.8. The van der Waals surface area contributed by atoms with Crippen molar-refractivity contribution < 1.29 is 13.9 Å². The topological polar surface area (TPSA) is 50.4 Å². The fraction of sp³-hybridized carbons (Fsp3) is 0. The van der Waals surface area contributed by atoms with Crippen molar-refractivity contribution in [2.24, 2.45) is 0 Å². The van der Waals surface area contributed by atoms with Crippen LogP contribution in [-0.4, -0.2) is 5.11 Å². The minimum atomic E-state index is -0.736. The molecule has 0 radical (unpaired) electrons. The number of fused-ring (bicyclic) bond motifs is 1. The summed E-state index contributed by atoms with van der Waals surface area (Å²) in [6.45, 7) is 0. The minimum absolute atomic E-state index is 0.236. The highest BCUT2D eigenvalue weighted by Crippen LogP contribution is 2.28. The van der Waals surface area contributed by atoms with E-state index >= 15 is 0 Å². The van der Waals surface area contributed by atoms with Crippen molar-refractivity contribution in [1.82, 2.24) is 0 Å². The molecule has 0 unspecified atom stereocenters. The van der Waals surface area contributed by atoms with Crippen LogP contribution in [0.4, 0.5) is 4.39 Å². The van der Waals surface area contributed by atoms with Crippen molar-refractivity contribution in [3.63, 3.8) is 0 Å². The van der Waals surface area contributed by atoms with E-state index in [1.807, 2.05) is 0 Å². The van der Waals surface area contributed by atoms with Crippen molar-refractivity contribution in [3.05, 3.63) is 63.5 Å². The zero-order valence-electron chi connectivity index (χ0n) is 10.1. The number of phenols is 1. The number of rotatable bonds is 1. The van der Waals surface area contributed by atoms with Crippen molar-refractivity contribution in [1.29, 1.82) is 0 Å². The van der Waals surface area contributed by atoms with Crippen molar-refractivity contribution >= 4 is 22.6 Å². The fourth-order valence-corrected chi connectivity index (χ4v) is 2.23. The molecule has 0 aliphatic heterocycles.